The number of piperazine rings is 2. The van der Waals surface area contributed by atoms with Crippen LogP contribution < -0.4 is 16.0 Å². The molecule has 0 saturated carbocycles. The summed E-state index contributed by atoms with van der Waals surface area (Å²) in [7, 11) is 2.20. The topological polar surface area (TPSA) is 144 Å². The summed E-state index contributed by atoms with van der Waals surface area (Å²) in [6.45, 7) is 19.0. The lowest BCUT2D eigenvalue weighted by Gasteiger charge is -2.43. The first kappa shape index (κ1) is 43.2. The Labute approximate surface area is 355 Å². The van der Waals surface area contributed by atoms with Crippen LogP contribution in [0.1, 0.15) is 70.0 Å². The minimum atomic E-state index is -1.19. The highest BCUT2D eigenvalue weighted by atomic mass is 35.5. The first-order chi connectivity index (χ1) is 28.3. The molecule has 0 bridgehead atoms. The molecule has 5 aliphatic heterocycles. The van der Waals surface area contributed by atoms with Gasteiger partial charge in [0, 0.05) is 89.8 Å². The average molecular weight is 837 g/mol. The van der Waals surface area contributed by atoms with Gasteiger partial charge in [0.25, 0.3) is 0 Å². The van der Waals surface area contributed by atoms with Crippen molar-refractivity contribution in [3.8, 4) is 0 Å². The van der Waals surface area contributed by atoms with E-state index in [2.05, 4.69) is 52.5 Å². The number of carbonyl (C=O) groups is 3. The second-order valence-electron chi connectivity index (χ2n) is 18.2. The number of amides is 3. The van der Waals surface area contributed by atoms with E-state index >= 15 is 0 Å². The van der Waals surface area contributed by atoms with Crippen molar-refractivity contribution in [2.75, 3.05) is 117 Å². The van der Waals surface area contributed by atoms with E-state index in [9.17, 15) is 14.4 Å². The molecule has 59 heavy (non-hydrogen) atoms. The lowest BCUT2D eigenvalue weighted by Crippen LogP contribution is -2.64. The summed E-state index contributed by atoms with van der Waals surface area (Å²) in [5.74, 6) is 2.52. The number of aromatic nitrogens is 1. The number of ether oxygens (including phenoxy) is 1. The largest absolute Gasteiger partial charge is 0.444 e. The summed E-state index contributed by atoms with van der Waals surface area (Å²) in [5.41, 5.74) is 0.0227. The molecule has 7 rings (SSSR count). The van der Waals surface area contributed by atoms with Crippen LogP contribution >= 0.6 is 11.6 Å². The van der Waals surface area contributed by atoms with Crippen molar-refractivity contribution < 1.29 is 19.1 Å². The molecule has 1 aromatic carbocycles. The quantitative estimate of drug-likeness (QED) is 0.266. The Morgan fingerprint density at radius 1 is 0.898 bits per heavy atom. The first-order valence-corrected chi connectivity index (χ1v) is 22.1. The van der Waals surface area contributed by atoms with Gasteiger partial charge in [-0.15, -0.1) is 0 Å². The molecule has 324 valence electrons. The number of fused-ring (bicyclic) bond motifs is 1. The van der Waals surface area contributed by atoms with Gasteiger partial charge in [0.15, 0.2) is 0 Å². The number of likely N-dealkylation sites (tertiary alicyclic amines) is 2. The molecular weight excluding hydrogens is 770 g/mol. The standard InChI is InChI=1S/C43H66ClN11O4/c1-42(2,3)59-41(58)49-43(13-19-55(20-14-43)39-35-9-15-45-38(35)46-31-47-39)40(57)48-36(33-5-7-34(44)8-6-33)12-18-51-25-27-54(28-26-51)37(56)30-52-16-10-32(11-17-52)29-53-23-21-50(4)22-24-53/h5-9,15,32,36,45-46H,10-14,16-31H2,1-4H3,(H,48,57)(H,49,58). The second kappa shape index (κ2) is 19.2. The zero-order valence-corrected chi connectivity index (χ0v) is 36.4. The number of likely N-dealkylation sites (N-methyl/N-ethyl adjacent to an activating group) is 1. The minimum absolute atomic E-state index is 0.225. The maximum atomic E-state index is 14.6. The molecule has 5 aliphatic rings. The predicted octanol–water partition coefficient (Wildman–Crippen LogP) is 3.51. The fourth-order valence-electron chi connectivity index (χ4n) is 9.12. The number of hydrogen-bond acceptors (Lipinski definition) is 11. The lowest BCUT2D eigenvalue weighted by atomic mass is 9.85. The summed E-state index contributed by atoms with van der Waals surface area (Å²) in [6, 6.07) is 9.28. The SMILES string of the molecule is CN1CCN(CC2CCN(CC(=O)N3CCN(CCC(NC(=O)C4(NC(=O)OC(C)(C)C)CCN(C5=NCNc6[nH]ccc65)CC4)c4ccc(Cl)cc4)CC3)CC2)CC1. The number of H-pyrrole nitrogens is 1. The second-order valence-corrected chi connectivity index (χ2v) is 18.6. The Morgan fingerprint density at radius 3 is 2.25 bits per heavy atom. The van der Waals surface area contributed by atoms with E-state index in [0.29, 0.717) is 63.7 Å². The number of carbonyl (C=O) groups excluding carboxylic acids is 3. The summed E-state index contributed by atoms with van der Waals surface area (Å²) in [5, 5.41) is 10.3. The Kier molecular flexibility index (Phi) is 14.1. The fourth-order valence-corrected chi connectivity index (χ4v) is 9.25. The van der Waals surface area contributed by atoms with E-state index in [0.717, 1.165) is 100 Å². The van der Waals surface area contributed by atoms with Crippen LogP contribution in [0.2, 0.25) is 5.02 Å². The normalized spacial score (nSPS) is 21.9. The number of hydrogen-bond donors (Lipinski definition) is 4. The van der Waals surface area contributed by atoms with Gasteiger partial charge in [0.05, 0.1) is 18.2 Å². The Morgan fingerprint density at radius 2 is 1.58 bits per heavy atom. The maximum absolute atomic E-state index is 14.6. The van der Waals surface area contributed by atoms with E-state index in [4.69, 9.17) is 21.3 Å². The number of amidine groups is 1. The molecule has 4 saturated heterocycles. The van der Waals surface area contributed by atoms with Crippen LogP contribution in [0, 0.1) is 5.92 Å². The van der Waals surface area contributed by atoms with Crippen LogP contribution in [0.25, 0.3) is 0 Å². The van der Waals surface area contributed by atoms with E-state index in [1.54, 1.807) is 0 Å². The maximum Gasteiger partial charge on any atom is 0.408 e. The van der Waals surface area contributed by atoms with Crippen LogP contribution in [-0.2, 0) is 14.3 Å². The molecule has 15 nitrogen and oxygen atoms in total. The molecule has 1 atom stereocenters. The summed E-state index contributed by atoms with van der Waals surface area (Å²) in [6.07, 6.45) is 5.01. The average Bonchev–Trinajstić information content (AvgIpc) is 3.71. The van der Waals surface area contributed by atoms with Gasteiger partial charge in [-0.05, 0) is 103 Å². The van der Waals surface area contributed by atoms with Crippen LogP contribution in [0.4, 0.5) is 10.6 Å². The Hall–Kier alpha value is -3.89. The van der Waals surface area contributed by atoms with Crippen LogP contribution in [0.15, 0.2) is 41.5 Å². The highest BCUT2D eigenvalue weighted by molar-refractivity contribution is 6.30. The van der Waals surface area contributed by atoms with Crippen molar-refractivity contribution >= 4 is 41.2 Å². The molecule has 1 unspecified atom stereocenters. The molecule has 1 aromatic heterocycles. The van der Waals surface area contributed by atoms with Gasteiger partial charge < -0.3 is 45.3 Å². The molecule has 2 aromatic rings. The van der Waals surface area contributed by atoms with E-state index in [-0.39, 0.29) is 17.9 Å². The number of piperidine rings is 2. The van der Waals surface area contributed by atoms with Gasteiger partial charge in [-0.2, -0.15) is 0 Å². The van der Waals surface area contributed by atoms with E-state index in [1.165, 1.54) is 6.54 Å². The fraction of sp³-hybridized carbons (Fsp3) is 0.674. The van der Waals surface area contributed by atoms with Crippen LogP contribution in [-0.4, -0.2) is 181 Å². The highest BCUT2D eigenvalue weighted by Crippen LogP contribution is 2.30. The van der Waals surface area contributed by atoms with Crippen molar-refractivity contribution in [3.05, 3.63) is 52.7 Å². The molecule has 0 radical (unpaired) electrons. The summed E-state index contributed by atoms with van der Waals surface area (Å²) < 4.78 is 5.69. The van der Waals surface area contributed by atoms with Gasteiger partial charge in [0.1, 0.15) is 29.5 Å². The van der Waals surface area contributed by atoms with Crippen molar-refractivity contribution in [2.45, 2.75) is 70.1 Å². The zero-order chi connectivity index (χ0) is 41.6. The molecule has 0 aliphatic carbocycles. The molecule has 4 N–H and O–H groups in total. The van der Waals surface area contributed by atoms with Gasteiger partial charge in [-0.1, -0.05) is 23.7 Å². The number of halogens is 1. The number of rotatable bonds is 11. The Bertz CT molecular complexity index is 1750. The molecule has 4 fully saturated rings. The third kappa shape index (κ3) is 11.5. The van der Waals surface area contributed by atoms with Crippen molar-refractivity contribution in [3.63, 3.8) is 0 Å². The number of nitrogens with zero attached hydrogens (tertiary/aromatic N) is 7. The number of benzene rings is 1. The molecular formula is C43H66ClN11O4. The molecule has 3 amide bonds. The van der Waals surface area contributed by atoms with Crippen molar-refractivity contribution in [1.82, 2.24) is 45.0 Å². The smallest absolute Gasteiger partial charge is 0.408 e. The van der Waals surface area contributed by atoms with Gasteiger partial charge in [0.2, 0.25) is 11.8 Å². The highest BCUT2D eigenvalue weighted by Gasteiger charge is 2.45. The van der Waals surface area contributed by atoms with Crippen LogP contribution in [0.5, 0.6) is 0 Å². The lowest BCUT2D eigenvalue weighted by molar-refractivity contribution is -0.134. The van der Waals surface area contributed by atoms with Crippen molar-refractivity contribution in [2.24, 2.45) is 10.9 Å². The van der Waals surface area contributed by atoms with Crippen molar-refractivity contribution in [1.29, 1.82) is 0 Å². The minimum Gasteiger partial charge on any atom is -0.444 e. The number of aliphatic imine (C=N–C) groups is 1. The van der Waals surface area contributed by atoms with Crippen LogP contribution in [0.3, 0.4) is 0 Å². The van der Waals surface area contributed by atoms with E-state index < -0.39 is 17.2 Å². The summed E-state index contributed by atoms with van der Waals surface area (Å²) >= 11 is 6.31. The summed E-state index contributed by atoms with van der Waals surface area (Å²) in [4.78, 5) is 63.3. The number of anilines is 1. The van der Waals surface area contributed by atoms with Gasteiger partial charge in [-0.3, -0.25) is 19.4 Å². The first-order valence-electron chi connectivity index (χ1n) is 21.7. The van der Waals surface area contributed by atoms with E-state index in [1.807, 2.05) is 62.2 Å². The molecule has 6 heterocycles. The number of aromatic amines is 1. The van der Waals surface area contributed by atoms with Gasteiger partial charge in [-0.25, -0.2) is 9.79 Å². The molecule has 0 spiro atoms. The third-order valence-corrected chi connectivity index (χ3v) is 13.0. The Balaban J connectivity index is 0.932. The van der Waals surface area contributed by atoms with Gasteiger partial charge >= 0.3 is 6.09 Å². The number of nitrogens with one attached hydrogen (secondary N) is 4. The monoisotopic (exact) mass is 835 g/mol. The third-order valence-electron chi connectivity index (χ3n) is 12.8. The predicted molar refractivity (Wildman–Crippen MR) is 232 cm³/mol. The zero-order valence-electron chi connectivity index (χ0n) is 35.6. The molecule has 16 heteroatoms. The number of alkyl carbamates (subject to hydrolysis) is 1.